The van der Waals surface area contributed by atoms with Crippen molar-refractivity contribution in [3.05, 3.63) is 57.8 Å². The Balaban J connectivity index is 1.52. The van der Waals surface area contributed by atoms with Crippen molar-refractivity contribution in [3.8, 4) is 5.69 Å². The lowest BCUT2D eigenvalue weighted by Gasteiger charge is -2.28. The summed E-state index contributed by atoms with van der Waals surface area (Å²) in [5.74, 6) is -1.10. The number of hydrogen-bond donors (Lipinski definition) is 0. The highest BCUT2D eigenvalue weighted by molar-refractivity contribution is 8.18. The second-order valence-electron chi connectivity index (χ2n) is 8.19. The molecule has 184 valence electrons. The highest BCUT2D eigenvalue weighted by Crippen LogP contribution is 2.33. The Morgan fingerprint density at radius 3 is 2.46 bits per heavy atom. The van der Waals surface area contributed by atoms with E-state index in [2.05, 4.69) is 0 Å². The molecule has 3 amide bonds. The number of morpholine rings is 1. The topological polar surface area (TPSA) is 98.2 Å². The largest absolute Gasteiger partial charge is 0.462 e. The van der Waals surface area contributed by atoms with E-state index in [4.69, 9.17) is 9.47 Å². The summed E-state index contributed by atoms with van der Waals surface area (Å²) < 4.78 is 12.3. The van der Waals surface area contributed by atoms with Crippen LogP contribution < -0.4 is 0 Å². The molecular weight excluding hydrogens is 470 g/mol. The zero-order valence-electron chi connectivity index (χ0n) is 19.9. The highest BCUT2D eigenvalue weighted by atomic mass is 32.2. The van der Waals surface area contributed by atoms with E-state index in [9.17, 15) is 19.2 Å². The quantitative estimate of drug-likeness (QED) is 0.447. The summed E-state index contributed by atoms with van der Waals surface area (Å²) in [6.45, 7) is 7.48. The number of carbonyl (C=O) groups excluding carboxylic acids is 4. The summed E-state index contributed by atoms with van der Waals surface area (Å²) in [4.78, 5) is 52.8. The Labute approximate surface area is 207 Å². The van der Waals surface area contributed by atoms with Crippen LogP contribution in [0.3, 0.4) is 0 Å². The second kappa shape index (κ2) is 10.5. The van der Waals surface area contributed by atoms with Crippen LogP contribution in [0.1, 0.15) is 34.2 Å². The van der Waals surface area contributed by atoms with Crippen LogP contribution in [0.2, 0.25) is 0 Å². The second-order valence-corrected chi connectivity index (χ2v) is 9.18. The predicted octanol–water partition coefficient (Wildman–Crippen LogP) is 3.17. The van der Waals surface area contributed by atoms with Crippen molar-refractivity contribution >= 4 is 40.9 Å². The number of rotatable bonds is 6. The Morgan fingerprint density at radius 2 is 1.80 bits per heavy atom. The highest BCUT2D eigenvalue weighted by Gasteiger charge is 2.37. The summed E-state index contributed by atoms with van der Waals surface area (Å²) >= 11 is 0.837. The molecule has 3 heterocycles. The van der Waals surface area contributed by atoms with Crippen LogP contribution in [-0.2, 0) is 19.1 Å². The van der Waals surface area contributed by atoms with E-state index in [0.29, 0.717) is 38.5 Å². The van der Waals surface area contributed by atoms with Crippen LogP contribution in [0.15, 0.2) is 35.2 Å². The van der Waals surface area contributed by atoms with Gasteiger partial charge in [0.25, 0.3) is 11.1 Å². The van der Waals surface area contributed by atoms with E-state index >= 15 is 0 Å². The molecule has 10 heteroatoms. The van der Waals surface area contributed by atoms with Gasteiger partial charge in [-0.1, -0.05) is 0 Å². The number of nitrogens with zero attached hydrogens (tertiary/aromatic N) is 3. The zero-order valence-corrected chi connectivity index (χ0v) is 20.7. The van der Waals surface area contributed by atoms with E-state index in [-0.39, 0.29) is 23.3 Å². The van der Waals surface area contributed by atoms with Crippen molar-refractivity contribution in [3.63, 3.8) is 0 Å². The van der Waals surface area contributed by atoms with Gasteiger partial charge in [-0.3, -0.25) is 19.3 Å². The van der Waals surface area contributed by atoms with Gasteiger partial charge in [-0.2, -0.15) is 0 Å². The molecule has 0 N–H and O–H groups in total. The molecule has 0 bridgehead atoms. The maximum absolute atomic E-state index is 12.9. The Bertz CT molecular complexity index is 1190. The SMILES string of the molecule is CCOC(=O)c1ccc(-n2c(C)cc(/C=C3\SC(=O)N(CC(=O)N4CCOCC4)C3=O)c2C)cc1. The molecule has 4 rings (SSSR count). The smallest absolute Gasteiger partial charge is 0.338 e. The number of esters is 1. The van der Waals surface area contributed by atoms with Gasteiger partial charge in [0, 0.05) is 30.2 Å². The minimum absolute atomic E-state index is 0.263. The normalized spacial score (nSPS) is 17.4. The Hall–Kier alpha value is -3.37. The fourth-order valence-corrected chi connectivity index (χ4v) is 4.95. The summed E-state index contributed by atoms with van der Waals surface area (Å²) in [5, 5.41) is -0.453. The zero-order chi connectivity index (χ0) is 25.1. The first-order valence-corrected chi connectivity index (χ1v) is 12.2. The van der Waals surface area contributed by atoms with Crippen molar-refractivity contribution in [2.75, 3.05) is 39.5 Å². The van der Waals surface area contributed by atoms with E-state index in [1.165, 1.54) is 0 Å². The van der Waals surface area contributed by atoms with Gasteiger partial charge in [0.05, 0.1) is 30.3 Å². The fourth-order valence-electron chi connectivity index (χ4n) is 4.12. The fraction of sp³-hybridized carbons (Fsp3) is 0.360. The summed E-state index contributed by atoms with van der Waals surface area (Å²) in [6, 6.07) is 9.02. The lowest BCUT2D eigenvalue weighted by Crippen LogP contribution is -2.46. The molecular formula is C25H27N3O6S. The molecule has 0 aliphatic carbocycles. The van der Waals surface area contributed by atoms with Gasteiger partial charge in [-0.15, -0.1) is 0 Å². The standard InChI is InChI=1S/C25H27N3O6S/c1-4-34-24(31)18-5-7-20(8-6-18)28-16(2)13-19(17(28)3)14-21-23(30)27(25(32)35-21)15-22(29)26-9-11-33-12-10-26/h5-8,13-14H,4,9-12,15H2,1-3H3/b21-14-. The molecule has 2 fully saturated rings. The molecule has 1 aromatic heterocycles. The van der Waals surface area contributed by atoms with Gasteiger partial charge >= 0.3 is 5.97 Å². The average molecular weight is 498 g/mol. The molecule has 1 aromatic carbocycles. The van der Waals surface area contributed by atoms with Crippen LogP contribution >= 0.6 is 11.8 Å². The molecule has 0 atom stereocenters. The molecule has 2 saturated heterocycles. The minimum atomic E-state index is -0.467. The maximum Gasteiger partial charge on any atom is 0.338 e. The van der Waals surface area contributed by atoms with Crippen LogP contribution in [0.4, 0.5) is 4.79 Å². The van der Waals surface area contributed by atoms with Gasteiger partial charge < -0.3 is 18.9 Å². The molecule has 2 aliphatic rings. The number of ether oxygens (including phenoxy) is 2. The summed E-state index contributed by atoms with van der Waals surface area (Å²) in [5.41, 5.74) is 3.93. The van der Waals surface area contributed by atoms with Crippen molar-refractivity contribution in [2.45, 2.75) is 20.8 Å². The van der Waals surface area contributed by atoms with E-state index in [1.54, 1.807) is 30.0 Å². The van der Waals surface area contributed by atoms with Gasteiger partial charge in [0.1, 0.15) is 6.54 Å². The van der Waals surface area contributed by atoms with Gasteiger partial charge in [0.2, 0.25) is 5.91 Å². The third kappa shape index (κ3) is 5.18. The monoisotopic (exact) mass is 497 g/mol. The van der Waals surface area contributed by atoms with Crippen LogP contribution in [-0.4, -0.2) is 76.8 Å². The molecule has 0 spiro atoms. The molecule has 0 unspecified atom stereocenters. The van der Waals surface area contributed by atoms with Crippen LogP contribution in [0.25, 0.3) is 11.8 Å². The predicted molar refractivity (Wildman–Crippen MR) is 131 cm³/mol. The van der Waals surface area contributed by atoms with Crippen LogP contribution in [0, 0.1) is 13.8 Å². The first kappa shape index (κ1) is 24.7. The number of amides is 3. The lowest BCUT2D eigenvalue weighted by molar-refractivity contribution is -0.139. The van der Waals surface area contributed by atoms with Gasteiger partial charge in [-0.25, -0.2) is 4.79 Å². The van der Waals surface area contributed by atoms with Crippen molar-refractivity contribution < 1.29 is 28.7 Å². The Kier molecular flexibility index (Phi) is 7.42. The van der Waals surface area contributed by atoms with Crippen LogP contribution in [0.5, 0.6) is 0 Å². The maximum atomic E-state index is 12.9. The van der Waals surface area contributed by atoms with E-state index in [1.807, 2.05) is 36.6 Å². The summed E-state index contributed by atoms with van der Waals surface area (Å²) in [6.07, 6.45) is 1.69. The number of thioether (sulfide) groups is 1. The average Bonchev–Trinajstić information content (AvgIpc) is 3.28. The van der Waals surface area contributed by atoms with E-state index in [0.717, 1.165) is 39.3 Å². The number of aromatic nitrogens is 1. The number of aryl methyl sites for hydroxylation is 1. The Morgan fingerprint density at radius 1 is 1.11 bits per heavy atom. The number of hydrogen-bond acceptors (Lipinski definition) is 7. The third-order valence-corrected chi connectivity index (χ3v) is 6.83. The molecule has 35 heavy (non-hydrogen) atoms. The van der Waals surface area contributed by atoms with Crippen molar-refractivity contribution in [2.24, 2.45) is 0 Å². The summed E-state index contributed by atoms with van der Waals surface area (Å²) in [7, 11) is 0. The third-order valence-electron chi connectivity index (χ3n) is 5.92. The first-order chi connectivity index (χ1) is 16.8. The number of carbonyl (C=O) groups is 4. The lowest BCUT2D eigenvalue weighted by atomic mass is 10.2. The molecule has 9 nitrogen and oxygen atoms in total. The minimum Gasteiger partial charge on any atom is -0.462 e. The number of benzene rings is 1. The van der Waals surface area contributed by atoms with Gasteiger partial charge in [0.15, 0.2) is 0 Å². The molecule has 0 radical (unpaired) electrons. The molecule has 2 aliphatic heterocycles. The molecule has 2 aromatic rings. The first-order valence-electron chi connectivity index (χ1n) is 11.4. The van der Waals surface area contributed by atoms with Gasteiger partial charge in [-0.05, 0) is 74.5 Å². The van der Waals surface area contributed by atoms with Crippen molar-refractivity contribution in [1.29, 1.82) is 0 Å². The molecule has 0 saturated carbocycles. The number of imide groups is 1. The van der Waals surface area contributed by atoms with Crippen molar-refractivity contribution in [1.82, 2.24) is 14.4 Å². The van der Waals surface area contributed by atoms with E-state index < -0.39 is 11.1 Å².